The first-order chi connectivity index (χ1) is 15.2. The van der Waals surface area contributed by atoms with Gasteiger partial charge in [-0.1, -0.05) is 19.1 Å². The molecule has 3 heterocycles. The summed E-state index contributed by atoms with van der Waals surface area (Å²) in [5.74, 6) is 0.817. The third kappa shape index (κ3) is 4.20. The minimum atomic E-state index is 0.757. The first-order valence-corrected chi connectivity index (χ1v) is 10.9. The van der Waals surface area contributed by atoms with E-state index in [9.17, 15) is 0 Å². The minimum absolute atomic E-state index is 0.757. The lowest BCUT2D eigenvalue weighted by Gasteiger charge is -2.35. The predicted octanol–water partition coefficient (Wildman–Crippen LogP) is 4.70. The van der Waals surface area contributed by atoms with Crippen LogP contribution in [-0.2, 0) is 0 Å². The van der Waals surface area contributed by atoms with E-state index in [1.807, 2.05) is 30.5 Å². The van der Waals surface area contributed by atoms with Gasteiger partial charge in [0, 0.05) is 66.6 Å². The van der Waals surface area contributed by atoms with Gasteiger partial charge in [0.25, 0.3) is 0 Å². The molecule has 4 N–H and O–H groups in total. The molecule has 2 aromatic heterocycles. The maximum Gasteiger partial charge on any atom is 0.132 e. The zero-order chi connectivity index (χ0) is 21.2. The van der Waals surface area contributed by atoms with Crippen molar-refractivity contribution >= 4 is 33.8 Å². The van der Waals surface area contributed by atoms with Gasteiger partial charge in [-0.25, -0.2) is 4.98 Å². The second-order valence-corrected chi connectivity index (χ2v) is 8.06. The third-order valence-corrected chi connectivity index (χ3v) is 6.03. The fourth-order valence-electron chi connectivity index (χ4n) is 4.18. The Morgan fingerprint density at radius 1 is 1.00 bits per heavy atom. The summed E-state index contributed by atoms with van der Waals surface area (Å²) in [5.41, 5.74) is 12.1. The number of fused-ring (bicyclic) bond motifs is 1. The Labute approximate surface area is 182 Å². The predicted molar refractivity (Wildman–Crippen MR) is 130 cm³/mol. The van der Waals surface area contributed by atoms with Gasteiger partial charge in [0.1, 0.15) is 5.82 Å². The number of nitrogens with two attached hydrogens (primary N) is 1. The van der Waals surface area contributed by atoms with E-state index in [2.05, 4.69) is 68.4 Å². The molecular formula is C25H28N6. The summed E-state index contributed by atoms with van der Waals surface area (Å²) in [6.07, 6.45) is 1.89. The van der Waals surface area contributed by atoms with Gasteiger partial charge in [-0.15, -0.1) is 0 Å². The molecule has 0 radical (unpaired) electrons. The standard InChI is InChI=1S/C25H28N6/c1-2-30-10-12-31(13-11-30)22-8-6-21(7-9-22)28-25-16-24-19(17-27-25)15-23(29-24)18-4-3-5-20(26)14-18/h3-9,14-17,29H,2,10-13,26H2,1H3,(H,27,28). The molecule has 0 unspecified atom stereocenters. The molecule has 0 atom stereocenters. The Balaban J connectivity index is 1.30. The number of nitrogens with zero attached hydrogens (tertiary/aromatic N) is 3. The summed E-state index contributed by atoms with van der Waals surface area (Å²) in [7, 11) is 0. The average molecular weight is 413 g/mol. The third-order valence-electron chi connectivity index (χ3n) is 6.03. The SMILES string of the molecule is CCN1CCN(c2ccc(Nc3cc4[nH]c(-c5cccc(N)c5)cc4cn3)cc2)CC1. The summed E-state index contributed by atoms with van der Waals surface area (Å²) in [6, 6.07) is 20.7. The number of rotatable bonds is 5. The highest BCUT2D eigenvalue weighted by Gasteiger charge is 2.15. The van der Waals surface area contributed by atoms with Crippen molar-refractivity contribution in [3.63, 3.8) is 0 Å². The van der Waals surface area contributed by atoms with E-state index in [1.165, 1.54) is 5.69 Å². The number of aromatic amines is 1. The van der Waals surface area contributed by atoms with E-state index in [1.54, 1.807) is 0 Å². The van der Waals surface area contributed by atoms with Crippen molar-refractivity contribution in [3.8, 4) is 11.3 Å². The van der Waals surface area contributed by atoms with Crippen molar-refractivity contribution in [1.82, 2.24) is 14.9 Å². The topological polar surface area (TPSA) is 73.2 Å². The molecule has 2 aromatic carbocycles. The molecule has 1 saturated heterocycles. The van der Waals surface area contributed by atoms with Gasteiger partial charge in [-0.3, -0.25) is 0 Å². The Kier molecular flexibility index (Phi) is 5.22. The average Bonchev–Trinajstić information content (AvgIpc) is 3.23. The molecule has 0 spiro atoms. The normalized spacial score (nSPS) is 14.8. The van der Waals surface area contributed by atoms with Gasteiger partial charge in [0.15, 0.2) is 0 Å². The first kappa shape index (κ1) is 19.5. The van der Waals surface area contributed by atoms with Crippen molar-refractivity contribution in [3.05, 3.63) is 66.9 Å². The van der Waals surface area contributed by atoms with Gasteiger partial charge in [-0.05, 0) is 54.6 Å². The summed E-state index contributed by atoms with van der Waals surface area (Å²) >= 11 is 0. The van der Waals surface area contributed by atoms with Gasteiger partial charge >= 0.3 is 0 Å². The number of aromatic nitrogens is 2. The largest absolute Gasteiger partial charge is 0.399 e. The Morgan fingerprint density at radius 3 is 2.55 bits per heavy atom. The van der Waals surface area contributed by atoms with E-state index in [-0.39, 0.29) is 0 Å². The molecular weight excluding hydrogens is 384 g/mol. The molecule has 5 rings (SSSR count). The highest BCUT2D eigenvalue weighted by molar-refractivity contribution is 5.87. The van der Waals surface area contributed by atoms with Crippen LogP contribution in [0, 0.1) is 0 Å². The van der Waals surface area contributed by atoms with Gasteiger partial charge < -0.3 is 25.8 Å². The number of nitrogen functional groups attached to an aromatic ring is 1. The first-order valence-electron chi connectivity index (χ1n) is 10.9. The lowest BCUT2D eigenvalue weighted by Crippen LogP contribution is -2.46. The van der Waals surface area contributed by atoms with Crippen LogP contribution in [0.25, 0.3) is 22.2 Å². The van der Waals surface area contributed by atoms with Gasteiger partial charge in [0.2, 0.25) is 0 Å². The second kappa shape index (κ2) is 8.32. The lowest BCUT2D eigenvalue weighted by molar-refractivity contribution is 0.271. The van der Waals surface area contributed by atoms with Crippen LogP contribution >= 0.6 is 0 Å². The molecule has 0 amide bonds. The van der Waals surface area contributed by atoms with Crippen LogP contribution < -0.4 is 16.0 Å². The number of benzene rings is 2. The number of likely N-dealkylation sites (N-methyl/N-ethyl adjacent to an activating group) is 1. The van der Waals surface area contributed by atoms with Crippen molar-refractivity contribution in [1.29, 1.82) is 0 Å². The number of anilines is 4. The number of piperazine rings is 1. The fraction of sp³-hybridized carbons (Fsp3) is 0.240. The van der Waals surface area contributed by atoms with E-state index < -0.39 is 0 Å². The highest BCUT2D eigenvalue weighted by Crippen LogP contribution is 2.27. The lowest BCUT2D eigenvalue weighted by atomic mass is 10.1. The van der Waals surface area contributed by atoms with E-state index in [0.717, 1.165) is 72.1 Å². The second-order valence-electron chi connectivity index (χ2n) is 8.06. The molecule has 1 aliphatic heterocycles. The summed E-state index contributed by atoms with van der Waals surface area (Å²) in [6.45, 7) is 7.80. The monoisotopic (exact) mass is 412 g/mol. The maximum absolute atomic E-state index is 5.93. The number of hydrogen-bond donors (Lipinski definition) is 3. The molecule has 0 bridgehead atoms. The Hall–Kier alpha value is -3.51. The molecule has 0 aliphatic carbocycles. The number of H-pyrrole nitrogens is 1. The van der Waals surface area contributed by atoms with E-state index >= 15 is 0 Å². The number of hydrogen-bond acceptors (Lipinski definition) is 5. The zero-order valence-corrected chi connectivity index (χ0v) is 17.8. The van der Waals surface area contributed by atoms with Crippen LogP contribution in [0.4, 0.5) is 22.9 Å². The Morgan fingerprint density at radius 2 is 1.81 bits per heavy atom. The molecule has 6 nitrogen and oxygen atoms in total. The molecule has 31 heavy (non-hydrogen) atoms. The summed E-state index contributed by atoms with van der Waals surface area (Å²) in [5, 5.41) is 4.50. The van der Waals surface area contributed by atoms with E-state index in [0.29, 0.717) is 0 Å². The number of nitrogens with one attached hydrogen (secondary N) is 2. The smallest absolute Gasteiger partial charge is 0.132 e. The molecule has 1 aliphatic rings. The van der Waals surface area contributed by atoms with Gasteiger partial charge in [-0.2, -0.15) is 0 Å². The maximum atomic E-state index is 5.93. The fourth-order valence-corrected chi connectivity index (χ4v) is 4.18. The molecule has 0 saturated carbocycles. The van der Waals surface area contributed by atoms with Crippen LogP contribution in [0.5, 0.6) is 0 Å². The van der Waals surface area contributed by atoms with Crippen LogP contribution in [0.1, 0.15) is 6.92 Å². The van der Waals surface area contributed by atoms with Crippen molar-refractivity contribution in [2.75, 3.05) is 48.7 Å². The Bertz CT molecular complexity index is 1170. The van der Waals surface area contributed by atoms with E-state index in [4.69, 9.17) is 5.73 Å². The highest BCUT2D eigenvalue weighted by atomic mass is 15.3. The molecule has 4 aromatic rings. The summed E-state index contributed by atoms with van der Waals surface area (Å²) in [4.78, 5) is 13.0. The van der Waals surface area contributed by atoms with Crippen molar-refractivity contribution in [2.24, 2.45) is 0 Å². The van der Waals surface area contributed by atoms with Crippen molar-refractivity contribution < 1.29 is 0 Å². The zero-order valence-electron chi connectivity index (χ0n) is 17.8. The van der Waals surface area contributed by atoms with Crippen LogP contribution in [0.3, 0.4) is 0 Å². The quantitative estimate of drug-likeness (QED) is 0.415. The van der Waals surface area contributed by atoms with Crippen LogP contribution in [0.2, 0.25) is 0 Å². The van der Waals surface area contributed by atoms with Gasteiger partial charge in [0.05, 0.1) is 5.52 Å². The van der Waals surface area contributed by atoms with Crippen LogP contribution in [0.15, 0.2) is 66.9 Å². The molecule has 158 valence electrons. The summed E-state index contributed by atoms with van der Waals surface area (Å²) < 4.78 is 0. The van der Waals surface area contributed by atoms with Crippen molar-refractivity contribution in [2.45, 2.75) is 6.92 Å². The molecule has 6 heteroatoms. The molecule has 1 fully saturated rings. The minimum Gasteiger partial charge on any atom is -0.399 e. The van der Waals surface area contributed by atoms with Crippen LogP contribution in [-0.4, -0.2) is 47.6 Å². The number of pyridine rings is 1.